The van der Waals surface area contributed by atoms with Crippen LogP contribution in [0.15, 0.2) is 57.6 Å². The lowest BCUT2D eigenvalue weighted by molar-refractivity contribution is -0.0328. The maximum atomic E-state index is 12.3. The number of nitrogens with zero attached hydrogens (tertiary/aromatic N) is 3. The average molecular weight is 390 g/mol. The summed E-state index contributed by atoms with van der Waals surface area (Å²) >= 11 is 3.09. The lowest BCUT2D eigenvalue weighted by atomic mass is 10.1. The van der Waals surface area contributed by atoms with Crippen molar-refractivity contribution >= 4 is 34.4 Å². The minimum atomic E-state index is -4.29. The van der Waals surface area contributed by atoms with E-state index in [4.69, 9.17) is 0 Å². The molecule has 0 saturated carbocycles. The number of benzene rings is 1. The van der Waals surface area contributed by atoms with Gasteiger partial charge in [0.25, 0.3) is 0 Å². The Labute approximate surface area is 137 Å². The first-order valence-electron chi connectivity index (χ1n) is 6.06. The zero-order valence-corrected chi connectivity index (χ0v) is 13.6. The normalized spacial score (nSPS) is 12.5. The van der Waals surface area contributed by atoms with Crippen LogP contribution in [0.2, 0.25) is 0 Å². The first-order valence-corrected chi connectivity index (χ1v) is 7.99. The minimum Gasteiger partial charge on any atom is -0.255 e. The summed E-state index contributed by atoms with van der Waals surface area (Å²) < 4.78 is 38.6. The molecule has 0 atom stereocenters. The molecule has 1 aromatic carbocycles. The molecule has 0 amide bonds. The van der Waals surface area contributed by atoms with Crippen LogP contribution < -0.4 is 5.49 Å². The predicted octanol–water partition coefficient (Wildman–Crippen LogP) is 4.48. The van der Waals surface area contributed by atoms with Gasteiger partial charge in [-0.05, 0) is 41.6 Å². The van der Waals surface area contributed by atoms with Gasteiger partial charge in [-0.15, -0.1) is 0 Å². The fourth-order valence-corrected chi connectivity index (χ4v) is 2.66. The summed E-state index contributed by atoms with van der Waals surface area (Å²) in [5.74, 6) is 0. The SMILES string of the molecule is C=Nn1cccc(-c2ccc(SC(F)(F)F)cc2)/c1=N/CBr. The summed E-state index contributed by atoms with van der Waals surface area (Å²) in [5, 5.41) is 3.84. The summed E-state index contributed by atoms with van der Waals surface area (Å²) in [6, 6.07) is 9.73. The number of pyridine rings is 1. The first-order chi connectivity index (χ1) is 10.4. The Balaban J connectivity index is 2.45. The van der Waals surface area contributed by atoms with Gasteiger partial charge in [0.1, 0.15) is 0 Å². The zero-order valence-electron chi connectivity index (χ0n) is 11.2. The molecule has 116 valence electrons. The van der Waals surface area contributed by atoms with Crippen LogP contribution in [-0.2, 0) is 0 Å². The van der Waals surface area contributed by atoms with Gasteiger partial charge in [-0.25, -0.2) is 4.68 Å². The number of hydrogen-bond donors (Lipinski definition) is 0. The lowest BCUT2D eigenvalue weighted by Gasteiger charge is -2.08. The molecule has 1 aromatic heterocycles. The largest absolute Gasteiger partial charge is 0.446 e. The van der Waals surface area contributed by atoms with Crippen molar-refractivity contribution in [1.82, 2.24) is 4.68 Å². The Morgan fingerprint density at radius 2 is 1.86 bits per heavy atom. The van der Waals surface area contributed by atoms with Crippen molar-refractivity contribution in [2.75, 3.05) is 5.45 Å². The molecule has 0 fully saturated rings. The summed E-state index contributed by atoms with van der Waals surface area (Å²) in [7, 11) is 0. The van der Waals surface area contributed by atoms with Crippen LogP contribution in [0.25, 0.3) is 11.1 Å². The van der Waals surface area contributed by atoms with Gasteiger partial charge in [0.2, 0.25) is 0 Å². The lowest BCUT2D eigenvalue weighted by Crippen LogP contribution is -2.19. The summed E-state index contributed by atoms with van der Waals surface area (Å²) in [4.78, 5) is 4.44. The van der Waals surface area contributed by atoms with Gasteiger partial charge >= 0.3 is 5.51 Å². The fourth-order valence-electron chi connectivity index (χ4n) is 1.88. The van der Waals surface area contributed by atoms with E-state index in [1.165, 1.54) is 16.8 Å². The van der Waals surface area contributed by atoms with Crippen LogP contribution in [0.3, 0.4) is 0 Å². The third-order valence-electron chi connectivity index (χ3n) is 2.71. The van der Waals surface area contributed by atoms with E-state index >= 15 is 0 Å². The van der Waals surface area contributed by atoms with E-state index in [-0.39, 0.29) is 16.7 Å². The molecule has 0 radical (unpaired) electrons. The van der Waals surface area contributed by atoms with E-state index in [2.05, 4.69) is 32.7 Å². The van der Waals surface area contributed by atoms with Crippen molar-refractivity contribution in [2.24, 2.45) is 10.1 Å². The highest BCUT2D eigenvalue weighted by Crippen LogP contribution is 2.37. The average Bonchev–Trinajstić information content (AvgIpc) is 2.47. The van der Waals surface area contributed by atoms with Crippen molar-refractivity contribution in [1.29, 1.82) is 0 Å². The van der Waals surface area contributed by atoms with Crippen molar-refractivity contribution in [3.05, 3.63) is 48.1 Å². The molecule has 2 aromatic rings. The second-order valence-corrected chi connectivity index (χ2v) is 5.72. The maximum Gasteiger partial charge on any atom is 0.446 e. The topological polar surface area (TPSA) is 29.6 Å². The predicted molar refractivity (Wildman–Crippen MR) is 86.1 cm³/mol. The Hall–Kier alpha value is -1.54. The smallest absolute Gasteiger partial charge is 0.255 e. The van der Waals surface area contributed by atoms with E-state index in [1.807, 2.05) is 6.07 Å². The number of alkyl halides is 4. The molecule has 3 nitrogen and oxygen atoms in total. The Bertz CT molecular complexity index is 723. The fraction of sp³-hybridized carbons (Fsp3) is 0.143. The molecule has 2 rings (SSSR count). The minimum absolute atomic E-state index is 0.138. The Kier molecular flexibility index (Phi) is 5.47. The highest BCUT2D eigenvalue weighted by Gasteiger charge is 2.29. The molecule has 0 saturated heterocycles. The van der Waals surface area contributed by atoms with Gasteiger partial charge < -0.3 is 0 Å². The third kappa shape index (κ3) is 4.23. The van der Waals surface area contributed by atoms with Crippen LogP contribution >= 0.6 is 27.7 Å². The Morgan fingerprint density at radius 1 is 1.18 bits per heavy atom. The molecule has 0 N–H and O–H groups in total. The summed E-state index contributed by atoms with van der Waals surface area (Å²) in [5.41, 5.74) is -1.82. The van der Waals surface area contributed by atoms with E-state index in [9.17, 15) is 13.2 Å². The number of rotatable bonds is 4. The molecule has 0 unspecified atom stereocenters. The van der Waals surface area contributed by atoms with Crippen LogP contribution in [0, 0.1) is 0 Å². The second kappa shape index (κ2) is 7.15. The third-order valence-corrected chi connectivity index (χ3v) is 3.70. The first kappa shape index (κ1) is 16.8. The van der Waals surface area contributed by atoms with E-state index in [0.717, 1.165) is 11.1 Å². The molecule has 0 aliphatic heterocycles. The quantitative estimate of drug-likeness (QED) is 0.328. The van der Waals surface area contributed by atoms with Crippen molar-refractivity contribution in [2.45, 2.75) is 10.4 Å². The molecular weight excluding hydrogens is 379 g/mol. The number of aromatic nitrogens is 1. The molecular formula is C14H11BrF3N3S. The molecule has 1 heterocycles. The van der Waals surface area contributed by atoms with Gasteiger partial charge in [0.05, 0.1) is 5.45 Å². The molecule has 8 heteroatoms. The van der Waals surface area contributed by atoms with Crippen LogP contribution in [0.4, 0.5) is 13.2 Å². The van der Waals surface area contributed by atoms with Gasteiger partial charge in [-0.3, -0.25) is 4.99 Å². The molecule has 0 spiro atoms. The van der Waals surface area contributed by atoms with E-state index < -0.39 is 5.51 Å². The number of hydrogen-bond acceptors (Lipinski definition) is 3. The monoisotopic (exact) mass is 389 g/mol. The van der Waals surface area contributed by atoms with Crippen LogP contribution in [-0.4, -0.2) is 22.4 Å². The maximum absolute atomic E-state index is 12.3. The molecule has 0 aliphatic carbocycles. The van der Waals surface area contributed by atoms with Crippen LogP contribution in [0.5, 0.6) is 0 Å². The number of halogens is 4. The van der Waals surface area contributed by atoms with Gasteiger partial charge in [-0.1, -0.05) is 28.1 Å². The van der Waals surface area contributed by atoms with Crippen molar-refractivity contribution in [3.8, 4) is 11.1 Å². The molecule has 22 heavy (non-hydrogen) atoms. The molecule has 0 aliphatic rings. The van der Waals surface area contributed by atoms with Gasteiger partial charge in [0.15, 0.2) is 5.49 Å². The Morgan fingerprint density at radius 3 is 2.41 bits per heavy atom. The van der Waals surface area contributed by atoms with E-state index in [0.29, 0.717) is 10.9 Å². The van der Waals surface area contributed by atoms with Crippen molar-refractivity contribution < 1.29 is 13.2 Å². The van der Waals surface area contributed by atoms with Gasteiger partial charge in [0, 0.05) is 23.4 Å². The summed E-state index contributed by atoms with van der Waals surface area (Å²) in [6.45, 7) is 3.47. The standard InChI is InChI=1S/C14H11BrF3N3S/c1-19-21-8-2-3-12(13(21)20-9-15)10-4-6-11(7-5-10)22-14(16,17)18/h2-8H,1,9H2/b20-13-. The second-order valence-electron chi connectivity index (χ2n) is 4.08. The summed E-state index contributed by atoms with van der Waals surface area (Å²) in [6.07, 6.45) is 1.70. The highest BCUT2D eigenvalue weighted by atomic mass is 79.9. The number of thioether (sulfide) groups is 1. The van der Waals surface area contributed by atoms with Crippen LogP contribution in [0.1, 0.15) is 0 Å². The van der Waals surface area contributed by atoms with Gasteiger partial charge in [-0.2, -0.15) is 18.3 Å². The highest BCUT2D eigenvalue weighted by molar-refractivity contribution is 9.09. The van der Waals surface area contributed by atoms with E-state index in [1.54, 1.807) is 24.4 Å². The zero-order chi connectivity index (χ0) is 16.2. The van der Waals surface area contributed by atoms with Crippen molar-refractivity contribution in [3.63, 3.8) is 0 Å². The molecule has 0 bridgehead atoms.